The Bertz CT molecular complexity index is 850. The van der Waals surface area contributed by atoms with E-state index in [0.29, 0.717) is 5.56 Å². The first-order valence-corrected chi connectivity index (χ1v) is 9.19. The maximum absolute atomic E-state index is 13.5. The van der Waals surface area contributed by atoms with E-state index in [-0.39, 0.29) is 24.4 Å². The van der Waals surface area contributed by atoms with E-state index in [2.05, 4.69) is 10.9 Å². The molecule has 2 rings (SSSR count). The number of benzene rings is 1. The molecule has 8 heteroatoms. The van der Waals surface area contributed by atoms with E-state index in [4.69, 9.17) is 4.74 Å². The number of thiophene rings is 1. The smallest absolute Gasteiger partial charge is 0.279 e. The van der Waals surface area contributed by atoms with Crippen molar-refractivity contribution in [2.24, 2.45) is 0 Å². The van der Waals surface area contributed by atoms with Crippen LogP contribution in [-0.2, 0) is 9.59 Å². The number of aryl methyl sites for hydroxylation is 2. The molecule has 0 aliphatic rings. The number of amides is 2. The third kappa shape index (κ3) is 5.89. The van der Waals surface area contributed by atoms with Crippen LogP contribution in [0.25, 0.3) is 0 Å². The minimum Gasteiger partial charge on any atom is -0.478 e. The van der Waals surface area contributed by atoms with Gasteiger partial charge in [-0.1, -0.05) is 12.1 Å². The SMILES string of the molecule is Cc1cc(C(=O)CCC(=O)NNC(=O)C(C)Oc2ccccc2F)c(C)s1. The summed E-state index contributed by atoms with van der Waals surface area (Å²) in [4.78, 5) is 37.9. The topological polar surface area (TPSA) is 84.5 Å². The predicted molar refractivity (Wildman–Crippen MR) is 100 cm³/mol. The number of rotatable bonds is 7. The summed E-state index contributed by atoms with van der Waals surface area (Å²) in [7, 11) is 0. The average Bonchev–Trinajstić information content (AvgIpc) is 2.97. The molecule has 2 aromatic rings. The Balaban J connectivity index is 1.76. The molecule has 0 spiro atoms. The zero-order valence-corrected chi connectivity index (χ0v) is 16.1. The first-order valence-electron chi connectivity index (χ1n) is 8.38. The Morgan fingerprint density at radius 2 is 1.85 bits per heavy atom. The van der Waals surface area contributed by atoms with Gasteiger partial charge in [0.25, 0.3) is 5.91 Å². The van der Waals surface area contributed by atoms with Crippen LogP contribution < -0.4 is 15.6 Å². The highest BCUT2D eigenvalue weighted by atomic mass is 32.1. The minimum atomic E-state index is -1.01. The summed E-state index contributed by atoms with van der Waals surface area (Å²) in [5.74, 6) is -1.90. The van der Waals surface area contributed by atoms with Gasteiger partial charge in [0, 0.05) is 28.2 Å². The van der Waals surface area contributed by atoms with Gasteiger partial charge in [0.15, 0.2) is 23.5 Å². The number of hydrazine groups is 1. The summed E-state index contributed by atoms with van der Waals surface area (Å²) >= 11 is 1.53. The van der Waals surface area contributed by atoms with Gasteiger partial charge >= 0.3 is 0 Å². The number of ketones is 1. The number of halogens is 1. The maximum Gasteiger partial charge on any atom is 0.279 e. The van der Waals surface area contributed by atoms with Gasteiger partial charge in [0.2, 0.25) is 5.91 Å². The zero-order chi connectivity index (χ0) is 20.0. The first-order chi connectivity index (χ1) is 12.8. The zero-order valence-electron chi connectivity index (χ0n) is 15.3. The quantitative estimate of drug-likeness (QED) is 0.560. The standard InChI is InChI=1S/C19H21FN2O4S/c1-11-10-14(13(3)27-11)16(23)8-9-18(24)21-22-19(25)12(2)26-17-7-5-4-6-15(17)20/h4-7,10,12H,8-9H2,1-3H3,(H,21,24)(H,22,25). The number of Topliss-reactive ketones (excluding diaryl/α,β-unsaturated/α-hetero) is 1. The lowest BCUT2D eigenvalue weighted by Crippen LogP contribution is -2.47. The van der Waals surface area contributed by atoms with Crippen LogP contribution in [0.5, 0.6) is 5.75 Å². The summed E-state index contributed by atoms with van der Waals surface area (Å²) in [6, 6.07) is 7.52. The van der Waals surface area contributed by atoms with Crippen LogP contribution in [0.1, 0.15) is 39.9 Å². The molecule has 1 atom stereocenters. The Morgan fingerprint density at radius 1 is 1.15 bits per heavy atom. The number of nitrogens with one attached hydrogen (secondary N) is 2. The van der Waals surface area contributed by atoms with Gasteiger partial charge in [-0.25, -0.2) is 4.39 Å². The molecule has 0 aliphatic heterocycles. The van der Waals surface area contributed by atoms with E-state index in [0.717, 1.165) is 9.75 Å². The minimum absolute atomic E-state index is 0.0417. The maximum atomic E-state index is 13.5. The highest BCUT2D eigenvalue weighted by Gasteiger charge is 2.18. The van der Waals surface area contributed by atoms with Crippen molar-refractivity contribution in [3.63, 3.8) is 0 Å². The number of carbonyl (C=O) groups excluding carboxylic acids is 3. The van der Waals surface area contributed by atoms with Crippen molar-refractivity contribution in [3.05, 3.63) is 51.5 Å². The number of hydrogen-bond donors (Lipinski definition) is 2. The lowest BCUT2D eigenvalue weighted by atomic mass is 10.1. The van der Waals surface area contributed by atoms with Crippen LogP contribution in [0.2, 0.25) is 0 Å². The molecule has 27 heavy (non-hydrogen) atoms. The summed E-state index contributed by atoms with van der Waals surface area (Å²) in [5, 5.41) is 0. The Labute approximate surface area is 160 Å². The molecule has 0 fully saturated rings. The van der Waals surface area contributed by atoms with Crippen molar-refractivity contribution in [2.75, 3.05) is 0 Å². The molecule has 0 saturated heterocycles. The first kappa shape index (κ1) is 20.6. The third-order valence-corrected chi connectivity index (χ3v) is 4.72. The van der Waals surface area contributed by atoms with Gasteiger partial charge in [0.05, 0.1) is 0 Å². The number of ether oxygens (including phenoxy) is 1. The van der Waals surface area contributed by atoms with Crippen molar-refractivity contribution in [3.8, 4) is 5.75 Å². The van der Waals surface area contributed by atoms with E-state index in [1.807, 2.05) is 19.9 Å². The molecule has 2 N–H and O–H groups in total. The highest BCUT2D eigenvalue weighted by molar-refractivity contribution is 7.12. The molecular weight excluding hydrogens is 371 g/mol. The van der Waals surface area contributed by atoms with Gasteiger partial charge in [0.1, 0.15) is 0 Å². The summed E-state index contributed by atoms with van der Waals surface area (Å²) in [5.41, 5.74) is 5.06. The second kappa shape index (κ2) is 9.27. The molecule has 1 heterocycles. The van der Waals surface area contributed by atoms with Gasteiger partial charge in [-0.05, 0) is 39.0 Å². The second-order valence-corrected chi connectivity index (χ2v) is 7.44. The van der Waals surface area contributed by atoms with Gasteiger partial charge in [-0.3, -0.25) is 25.2 Å². The molecule has 0 bridgehead atoms. The largest absolute Gasteiger partial charge is 0.478 e. The molecule has 0 aliphatic carbocycles. The van der Waals surface area contributed by atoms with Crippen molar-refractivity contribution in [1.82, 2.24) is 10.9 Å². The molecule has 0 saturated carbocycles. The van der Waals surface area contributed by atoms with E-state index in [1.165, 1.54) is 36.5 Å². The van der Waals surface area contributed by atoms with Crippen molar-refractivity contribution < 1.29 is 23.5 Å². The molecule has 1 unspecified atom stereocenters. The number of hydrogen-bond acceptors (Lipinski definition) is 5. The molecule has 1 aromatic heterocycles. The van der Waals surface area contributed by atoms with Crippen molar-refractivity contribution in [1.29, 1.82) is 0 Å². The molecule has 0 radical (unpaired) electrons. The lowest BCUT2D eigenvalue weighted by Gasteiger charge is -2.15. The van der Waals surface area contributed by atoms with Gasteiger partial charge < -0.3 is 4.74 Å². The van der Waals surface area contributed by atoms with Crippen LogP contribution in [0.3, 0.4) is 0 Å². The van der Waals surface area contributed by atoms with Crippen LogP contribution in [0.15, 0.2) is 30.3 Å². The lowest BCUT2D eigenvalue weighted by molar-refractivity contribution is -0.132. The van der Waals surface area contributed by atoms with Crippen LogP contribution in [-0.4, -0.2) is 23.7 Å². The summed E-state index contributed by atoms with van der Waals surface area (Å²) < 4.78 is 18.7. The predicted octanol–water partition coefficient (Wildman–Crippen LogP) is 3.08. The van der Waals surface area contributed by atoms with E-state index >= 15 is 0 Å². The van der Waals surface area contributed by atoms with E-state index in [9.17, 15) is 18.8 Å². The molecule has 1 aromatic carbocycles. The third-order valence-electron chi connectivity index (χ3n) is 3.76. The molecule has 6 nitrogen and oxygen atoms in total. The normalized spacial score (nSPS) is 11.6. The van der Waals surface area contributed by atoms with Gasteiger partial charge in [-0.15, -0.1) is 11.3 Å². The second-order valence-electron chi connectivity index (χ2n) is 5.98. The van der Waals surface area contributed by atoms with Crippen LogP contribution in [0.4, 0.5) is 4.39 Å². The molecule has 144 valence electrons. The van der Waals surface area contributed by atoms with Crippen LogP contribution >= 0.6 is 11.3 Å². The van der Waals surface area contributed by atoms with E-state index < -0.39 is 23.7 Å². The van der Waals surface area contributed by atoms with E-state index in [1.54, 1.807) is 6.07 Å². The highest BCUT2D eigenvalue weighted by Crippen LogP contribution is 2.22. The summed E-state index contributed by atoms with van der Waals surface area (Å²) in [6.45, 7) is 5.21. The fraction of sp³-hybridized carbons (Fsp3) is 0.316. The van der Waals surface area contributed by atoms with Crippen molar-refractivity contribution >= 4 is 28.9 Å². The number of carbonyl (C=O) groups is 3. The van der Waals surface area contributed by atoms with Crippen molar-refractivity contribution in [2.45, 2.75) is 39.7 Å². The molecule has 2 amide bonds. The summed E-state index contributed by atoms with van der Waals surface area (Å²) in [6.07, 6.45) is -1.03. The Morgan fingerprint density at radius 3 is 2.48 bits per heavy atom. The fourth-order valence-corrected chi connectivity index (χ4v) is 3.29. The Hall–Kier alpha value is -2.74. The Kier molecular flexibility index (Phi) is 7.06. The fourth-order valence-electron chi connectivity index (χ4n) is 2.35. The van der Waals surface area contributed by atoms with Crippen LogP contribution in [0, 0.1) is 19.7 Å². The number of para-hydroxylation sites is 1. The monoisotopic (exact) mass is 392 g/mol. The van der Waals surface area contributed by atoms with Gasteiger partial charge in [-0.2, -0.15) is 0 Å². The average molecular weight is 392 g/mol. The molecular formula is C19H21FN2O4S.